The summed E-state index contributed by atoms with van der Waals surface area (Å²) >= 11 is 0. The van der Waals surface area contributed by atoms with Crippen molar-refractivity contribution in [2.45, 2.75) is 38.8 Å². The molecule has 0 saturated carbocycles. The van der Waals surface area contributed by atoms with E-state index >= 15 is 0 Å². The van der Waals surface area contributed by atoms with Crippen LogP contribution in [-0.4, -0.2) is 23.9 Å². The fraction of sp³-hybridized carbons (Fsp3) is 0.467. The lowest BCUT2D eigenvalue weighted by Crippen LogP contribution is -2.53. The van der Waals surface area contributed by atoms with Gasteiger partial charge >= 0.3 is 0 Å². The fourth-order valence-electron chi connectivity index (χ4n) is 1.85. The van der Waals surface area contributed by atoms with E-state index in [9.17, 15) is 9.59 Å². The van der Waals surface area contributed by atoms with Gasteiger partial charge in [0.25, 0.3) is 0 Å². The van der Waals surface area contributed by atoms with Crippen LogP contribution in [-0.2, 0) is 16.0 Å². The molecule has 0 radical (unpaired) electrons. The Bertz CT molecular complexity index is 448. The molecule has 0 fully saturated rings. The summed E-state index contributed by atoms with van der Waals surface area (Å²) in [4.78, 5) is 23.5. The van der Waals surface area contributed by atoms with Crippen molar-refractivity contribution < 1.29 is 9.59 Å². The average molecular weight is 277 g/mol. The first kappa shape index (κ1) is 16.2. The number of primary amides is 1. The fourth-order valence-corrected chi connectivity index (χ4v) is 1.85. The summed E-state index contributed by atoms with van der Waals surface area (Å²) in [5.74, 6) is -0.835. The molecule has 5 nitrogen and oxygen atoms in total. The van der Waals surface area contributed by atoms with Gasteiger partial charge in [-0.05, 0) is 11.5 Å². The Morgan fingerprint density at radius 2 is 1.85 bits per heavy atom. The Labute approximate surface area is 119 Å². The van der Waals surface area contributed by atoms with Crippen LogP contribution in [0, 0.1) is 5.92 Å². The molecule has 0 aliphatic heterocycles. The molecule has 0 aliphatic carbocycles. The van der Waals surface area contributed by atoms with Crippen LogP contribution >= 0.6 is 0 Å². The molecule has 0 aliphatic rings. The van der Waals surface area contributed by atoms with Crippen molar-refractivity contribution in [3.8, 4) is 0 Å². The first-order valence-corrected chi connectivity index (χ1v) is 6.84. The molecule has 0 heterocycles. The highest BCUT2D eigenvalue weighted by molar-refractivity contribution is 5.89. The van der Waals surface area contributed by atoms with Crippen molar-refractivity contribution in [1.82, 2.24) is 5.32 Å². The van der Waals surface area contributed by atoms with Gasteiger partial charge in [0.15, 0.2) is 0 Å². The largest absolute Gasteiger partial charge is 0.368 e. The molecule has 0 bridgehead atoms. The Morgan fingerprint density at radius 1 is 1.25 bits per heavy atom. The third-order valence-electron chi connectivity index (χ3n) is 3.50. The lowest BCUT2D eigenvalue weighted by Gasteiger charge is -2.21. The smallest absolute Gasteiger partial charge is 0.240 e. The number of nitrogens with one attached hydrogen (secondary N) is 1. The maximum Gasteiger partial charge on any atom is 0.240 e. The van der Waals surface area contributed by atoms with E-state index in [-0.39, 0.29) is 11.8 Å². The van der Waals surface area contributed by atoms with Crippen molar-refractivity contribution in [2.75, 3.05) is 0 Å². The van der Waals surface area contributed by atoms with Crippen LogP contribution in [0.5, 0.6) is 0 Å². The van der Waals surface area contributed by atoms with Gasteiger partial charge < -0.3 is 16.8 Å². The van der Waals surface area contributed by atoms with Crippen molar-refractivity contribution in [2.24, 2.45) is 17.4 Å². The number of rotatable bonds is 7. The number of carbonyl (C=O) groups excluding carboxylic acids is 2. The minimum Gasteiger partial charge on any atom is -0.368 e. The summed E-state index contributed by atoms with van der Waals surface area (Å²) in [7, 11) is 0. The second kappa shape index (κ2) is 7.65. The SMILES string of the molecule is CC[C@H](C)[C@H](N)C(=O)N[C@H](Cc1ccccc1)C(N)=O. The number of benzene rings is 1. The number of amides is 2. The normalized spacial score (nSPS) is 15.2. The molecule has 20 heavy (non-hydrogen) atoms. The second-order valence-electron chi connectivity index (χ2n) is 5.06. The summed E-state index contributed by atoms with van der Waals surface area (Å²) in [6, 6.07) is 8.05. The van der Waals surface area contributed by atoms with Crippen molar-refractivity contribution >= 4 is 11.8 Å². The first-order chi connectivity index (χ1) is 9.45. The van der Waals surface area contributed by atoms with Gasteiger partial charge in [-0.2, -0.15) is 0 Å². The minimum absolute atomic E-state index is 0.0558. The predicted molar refractivity (Wildman–Crippen MR) is 78.7 cm³/mol. The van der Waals surface area contributed by atoms with E-state index in [1.807, 2.05) is 44.2 Å². The van der Waals surface area contributed by atoms with Gasteiger partial charge in [0.2, 0.25) is 11.8 Å². The molecule has 0 unspecified atom stereocenters. The molecule has 110 valence electrons. The van der Waals surface area contributed by atoms with E-state index in [1.54, 1.807) is 0 Å². The topological polar surface area (TPSA) is 98.2 Å². The third-order valence-corrected chi connectivity index (χ3v) is 3.50. The number of hydrogen-bond acceptors (Lipinski definition) is 3. The summed E-state index contributed by atoms with van der Waals surface area (Å²) in [6.45, 7) is 3.87. The molecule has 2 amide bonds. The molecule has 1 rings (SSSR count). The van der Waals surface area contributed by atoms with Crippen LogP contribution in [0.25, 0.3) is 0 Å². The summed E-state index contributed by atoms with van der Waals surface area (Å²) in [5.41, 5.74) is 12.1. The van der Waals surface area contributed by atoms with E-state index in [0.29, 0.717) is 6.42 Å². The zero-order valence-corrected chi connectivity index (χ0v) is 12.0. The van der Waals surface area contributed by atoms with Crippen molar-refractivity contribution in [3.05, 3.63) is 35.9 Å². The Hall–Kier alpha value is -1.88. The molecular formula is C15H23N3O2. The van der Waals surface area contributed by atoms with E-state index in [2.05, 4.69) is 5.32 Å². The molecule has 1 aromatic carbocycles. The standard InChI is InChI=1S/C15H23N3O2/c1-3-10(2)13(16)15(20)18-12(14(17)19)9-11-7-5-4-6-8-11/h4-8,10,12-13H,3,9,16H2,1-2H3,(H2,17,19)(H,18,20)/t10-,12+,13-/m0/s1. The monoisotopic (exact) mass is 277 g/mol. The zero-order chi connectivity index (χ0) is 15.1. The number of hydrogen-bond donors (Lipinski definition) is 3. The lowest BCUT2D eigenvalue weighted by molar-refractivity contribution is -0.128. The highest BCUT2D eigenvalue weighted by atomic mass is 16.2. The molecule has 0 spiro atoms. The van der Waals surface area contributed by atoms with E-state index in [0.717, 1.165) is 12.0 Å². The van der Waals surface area contributed by atoms with Crippen LogP contribution in [0.4, 0.5) is 0 Å². The van der Waals surface area contributed by atoms with E-state index in [1.165, 1.54) is 0 Å². The molecule has 0 saturated heterocycles. The quantitative estimate of drug-likeness (QED) is 0.679. The molecule has 3 atom stereocenters. The third kappa shape index (κ3) is 4.66. The average Bonchev–Trinajstić information content (AvgIpc) is 2.45. The lowest BCUT2D eigenvalue weighted by atomic mass is 9.98. The maximum atomic E-state index is 12.0. The van der Waals surface area contributed by atoms with Crippen molar-refractivity contribution in [3.63, 3.8) is 0 Å². The molecule has 1 aromatic rings. The van der Waals surface area contributed by atoms with Crippen molar-refractivity contribution in [1.29, 1.82) is 0 Å². The first-order valence-electron chi connectivity index (χ1n) is 6.84. The summed E-state index contributed by atoms with van der Waals surface area (Å²) in [5, 5.41) is 2.64. The number of carbonyl (C=O) groups is 2. The Kier molecular flexibility index (Phi) is 6.18. The molecule has 5 N–H and O–H groups in total. The Balaban J connectivity index is 2.68. The highest BCUT2D eigenvalue weighted by Crippen LogP contribution is 2.07. The van der Waals surface area contributed by atoms with Crippen LogP contribution < -0.4 is 16.8 Å². The van der Waals surface area contributed by atoms with Gasteiger partial charge in [-0.1, -0.05) is 50.6 Å². The Morgan fingerprint density at radius 3 is 2.35 bits per heavy atom. The predicted octanol–water partition coefficient (Wildman–Crippen LogP) is 0.573. The van der Waals surface area contributed by atoms with Crippen LogP contribution in [0.3, 0.4) is 0 Å². The molecule has 5 heteroatoms. The van der Waals surface area contributed by atoms with Crippen LogP contribution in [0.15, 0.2) is 30.3 Å². The van der Waals surface area contributed by atoms with Gasteiger partial charge in [-0.25, -0.2) is 0 Å². The van der Waals surface area contributed by atoms with Gasteiger partial charge in [-0.15, -0.1) is 0 Å². The summed E-state index contributed by atoms with van der Waals surface area (Å²) < 4.78 is 0. The van der Waals surface area contributed by atoms with Crippen LogP contribution in [0.1, 0.15) is 25.8 Å². The van der Waals surface area contributed by atoms with Crippen LogP contribution in [0.2, 0.25) is 0 Å². The number of nitrogens with two attached hydrogens (primary N) is 2. The van der Waals surface area contributed by atoms with Gasteiger partial charge in [0.05, 0.1) is 6.04 Å². The highest BCUT2D eigenvalue weighted by Gasteiger charge is 2.24. The molecular weight excluding hydrogens is 254 g/mol. The van der Waals surface area contributed by atoms with Gasteiger partial charge in [-0.3, -0.25) is 9.59 Å². The maximum absolute atomic E-state index is 12.0. The zero-order valence-electron chi connectivity index (χ0n) is 12.0. The van der Waals surface area contributed by atoms with Gasteiger partial charge in [0, 0.05) is 6.42 Å². The van der Waals surface area contributed by atoms with Gasteiger partial charge in [0.1, 0.15) is 6.04 Å². The minimum atomic E-state index is -0.736. The molecule has 0 aromatic heterocycles. The van der Waals surface area contributed by atoms with E-state index < -0.39 is 18.0 Å². The van der Waals surface area contributed by atoms with E-state index in [4.69, 9.17) is 11.5 Å². The summed E-state index contributed by atoms with van der Waals surface area (Å²) in [6.07, 6.45) is 1.17. The second-order valence-corrected chi connectivity index (χ2v) is 5.06.